The highest BCUT2D eigenvalue weighted by Crippen LogP contribution is 2.31. The molecule has 4 heteroatoms. The van der Waals surface area contributed by atoms with Crippen molar-refractivity contribution < 1.29 is 4.74 Å². The summed E-state index contributed by atoms with van der Waals surface area (Å²) in [5.74, 6) is 2.02. The van der Waals surface area contributed by atoms with E-state index >= 15 is 0 Å². The van der Waals surface area contributed by atoms with Gasteiger partial charge in [-0.1, -0.05) is 0 Å². The SMILES string of the molecule is COCCC[C@@H]1CCCN(c2ncnc3c2CCC3)C1. The van der Waals surface area contributed by atoms with Crippen molar-refractivity contribution in [2.75, 3.05) is 31.7 Å². The summed E-state index contributed by atoms with van der Waals surface area (Å²) in [6.07, 6.45) is 10.4. The molecule has 1 aliphatic heterocycles. The van der Waals surface area contributed by atoms with Crippen LogP contribution in [0, 0.1) is 5.92 Å². The van der Waals surface area contributed by atoms with Crippen molar-refractivity contribution in [2.45, 2.75) is 44.9 Å². The van der Waals surface area contributed by atoms with Gasteiger partial charge in [0, 0.05) is 38.1 Å². The van der Waals surface area contributed by atoms with Gasteiger partial charge in [-0.3, -0.25) is 0 Å². The molecule has 0 N–H and O–H groups in total. The molecule has 0 saturated carbocycles. The molecule has 1 fully saturated rings. The lowest BCUT2D eigenvalue weighted by atomic mass is 9.93. The summed E-state index contributed by atoms with van der Waals surface area (Å²) in [6.45, 7) is 3.21. The number of hydrogen-bond acceptors (Lipinski definition) is 4. The third-order valence-electron chi connectivity index (χ3n) is 4.63. The number of fused-ring (bicyclic) bond motifs is 1. The molecule has 0 radical (unpaired) electrons. The van der Waals surface area contributed by atoms with E-state index < -0.39 is 0 Å². The maximum Gasteiger partial charge on any atom is 0.135 e. The average molecular weight is 275 g/mol. The van der Waals surface area contributed by atoms with Crippen molar-refractivity contribution in [1.29, 1.82) is 0 Å². The zero-order valence-corrected chi connectivity index (χ0v) is 12.5. The molecule has 0 amide bonds. The van der Waals surface area contributed by atoms with Gasteiger partial charge in [0.05, 0.1) is 0 Å². The summed E-state index contributed by atoms with van der Waals surface area (Å²) in [7, 11) is 1.79. The summed E-state index contributed by atoms with van der Waals surface area (Å²) in [5, 5.41) is 0. The molecule has 3 rings (SSSR count). The van der Waals surface area contributed by atoms with Gasteiger partial charge in [-0.15, -0.1) is 0 Å². The molecule has 1 atom stereocenters. The van der Waals surface area contributed by atoms with Crippen LogP contribution in [0.2, 0.25) is 0 Å². The van der Waals surface area contributed by atoms with Crippen LogP contribution in [0.15, 0.2) is 6.33 Å². The predicted octanol–water partition coefficient (Wildman–Crippen LogP) is 2.61. The first-order valence-electron chi connectivity index (χ1n) is 7.95. The Balaban J connectivity index is 1.66. The molecule has 2 heterocycles. The predicted molar refractivity (Wildman–Crippen MR) is 80.1 cm³/mol. The van der Waals surface area contributed by atoms with Gasteiger partial charge in [-0.25, -0.2) is 9.97 Å². The molecule has 110 valence electrons. The fourth-order valence-electron chi connectivity index (χ4n) is 3.62. The normalized spacial score (nSPS) is 22.1. The maximum atomic E-state index is 5.17. The Labute approximate surface area is 121 Å². The first-order valence-corrected chi connectivity index (χ1v) is 7.95. The van der Waals surface area contributed by atoms with Gasteiger partial charge in [-0.05, 0) is 50.9 Å². The molecular formula is C16H25N3O. The molecule has 4 nitrogen and oxygen atoms in total. The number of anilines is 1. The lowest BCUT2D eigenvalue weighted by Crippen LogP contribution is -2.36. The number of piperidine rings is 1. The Kier molecular flexibility index (Phi) is 4.51. The van der Waals surface area contributed by atoms with Crippen LogP contribution >= 0.6 is 0 Å². The fourth-order valence-corrected chi connectivity index (χ4v) is 3.62. The van der Waals surface area contributed by atoms with Crippen molar-refractivity contribution in [1.82, 2.24) is 9.97 Å². The summed E-state index contributed by atoms with van der Waals surface area (Å²) >= 11 is 0. The van der Waals surface area contributed by atoms with Crippen molar-refractivity contribution in [2.24, 2.45) is 5.92 Å². The highest BCUT2D eigenvalue weighted by molar-refractivity contribution is 5.50. The standard InChI is InChI=1S/C16H25N3O/c1-20-10-4-6-13-5-3-9-19(11-13)16-14-7-2-8-15(14)17-12-18-16/h12-13H,2-11H2,1H3/t13-/m0/s1. The Bertz CT molecular complexity index is 449. The summed E-state index contributed by atoms with van der Waals surface area (Å²) < 4.78 is 5.17. The van der Waals surface area contributed by atoms with Crippen molar-refractivity contribution in [3.05, 3.63) is 17.6 Å². The number of nitrogens with zero attached hydrogens (tertiary/aromatic N) is 3. The van der Waals surface area contributed by atoms with E-state index in [2.05, 4.69) is 14.9 Å². The van der Waals surface area contributed by atoms with Crippen LogP contribution in [0.4, 0.5) is 5.82 Å². The van der Waals surface area contributed by atoms with E-state index in [0.29, 0.717) is 0 Å². The second-order valence-electron chi connectivity index (χ2n) is 6.07. The van der Waals surface area contributed by atoms with E-state index in [1.165, 1.54) is 49.2 Å². The fraction of sp³-hybridized carbons (Fsp3) is 0.750. The average Bonchev–Trinajstić information content (AvgIpc) is 2.96. The van der Waals surface area contributed by atoms with E-state index in [1.54, 1.807) is 13.4 Å². The number of methoxy groups -OCH3 is 1. The van der Waals surface area contributed by atoms with E-state index in [4.69, 9.17) is 4.74 Å². The van der Waals surface area contributed by atoms with Crippen molar-refractivity contribution >= 4 is 5.82 Å². The molecule has 0 aromatic carbocycles. The molecular weight excluding hydrogens is 250 g/mol. The molecule has 1 saturated heterocycles. The van der Waals surface area contributed by atoms with Crippen LogP contribution in [0.3, 0.4) is 0 Å². The second kappa shape index (κ2) is 6.53. The number of hydrogen-bond donors (Lipinski definition) is 0. The van der Waals surface area contributed by atoms with Gasteiger partial charge in [-0.2, -0.15) is 0 Å². The van der Waals surface area contributed by atoms with Crippen molar-refractivity contribution in [3.8, 4) is 0 Å². The molecule has 2 aliphatic rings. The van der Waals surface area contributed by atoms with E-state index in [1.807, 2.05) is 0 Å². The van der Waals surface area contributed by atoms with Crippen molar-refractivity contribution in [3.63, 3.8) is 0 Å². The van der Waals surface area contributed by atoms with Crippen LogP contribution in [0.5, 0.6) is 0 Å². The highest BCUT2D eigenvalue weighted by Gasteiger charge is 2.25. The van der Waals surface area contributed by atoms with Gasteiger partial charge in [0.2, 0.25) is 0 Å². The first-order chi connectivity index (χ1) is 9.88. The van der Waals surface area contributed by atoms with Crippen LogP contribution in [-0.4, -0.2) is 36.8 Å². The lowest BCUT2D eigenvalue weighted by molar-refractivity contribution is 0.184. The van der Waals surface area contributed by atoms with Crippen LogP contribution in [0.25, 0.3) is 0 Å². The minimum Gasteiger partial charge on any atom is -0.385 e. The Morgan fingerprint density at radius 2 is 2.25 bits per heavy atom. The number of aryl methyl sites for hydroxylation is 1. The Morgan fingerprint density at radius 3 is 3.15 bits per heavy atom. The molecule has 20 heavy (non-hydrogen) atoms. The summed E-state index contributed by atoms with van der Waals surface area (Å²) in [5.41, 5.74) is 2.71. The highest BCUT2D eigenvalue weighted by atomic mass is 16.5. The number of aromatic nitrogens is 2. The van der Waals surface area contributed by atoms with E-state index in [-0.39, 0.29) is 0 Å². The third kappa shape index (κ3) is 2.95. The summed E-state index contributed by atoms with van der Waals surface area (Å²) in [6, 6.07) is 0. The van der Waals surface area contributed by atoms with Gasteiger partial charge >= 0.3 is 0 Å². The van der Waals surface area contributed by atoms with Gasteiger partial charge in [0.1, 0.15) is 12.1 Å². The second-order valence-corrected chi connectivity index (χ2v) is 6.07. The quantitative estimate of drug-likeness (QED) is 0.774. The van der Waals surface area contributed by atoms with Crippen LogP contribution in [-0.2, 0) is 17.6 Å². The lowest BCUT2D eigenvalue weighted by Gasteiger charge is -2.34. The number of rotatable bonds is 5. The molecule has 0 unspecified atom stereocenters. The minimum atomic E-state index is 0.797. The largest absolute Gasteiger partial charge is 0.385 e. The zero-order chi connectivity index (χ0) is 13.8. The molecule has 1 aromatic rings. The van der Waals surface area contributed by atoms with Crippen LogP contribution in [0.1, 0.15) is 43.4 Å². The third-order valence-corrected chi connectivity index (χ3v) is 4.63. The summed E-state index contributed by atoms with van der Waals surface area (Å²) in [4.78, 5) is 11.5. The molecule has 0 spiro atoms. The Hall–Kier alpha value is -1.16. The van der Waals surface area contributed by atoms with Gasteiger partial charge in [0.25, 0.3) is 0 Å². The number of ether oxygens (including phenoxy) is 1. The molecule has 0 bridgehead atoms. The smallest absolute Gasteiger partial charge is 0.135 e. The van der Waals surface area contributed by atoms with Crippen LogP contribution < -0.4 is 4.90 Å². The van der Waals surface area contributed by atoms with Gasteiger partial charge in [0.15, 0.2) is 0 Å². The van der Waals surface area contributed by atoms with Gasteiger partial charge < -0.3 is 9.64 Å². The van der Waals surface area contributed by atoms with E-state index in [9.17, 15) is 0 Å². The monoisotopic (exact) mass is 275 g/mol. The topological polar surface area (TPSA) is 38.2 Å². The molecule has 1 aliphatic carbocycles. The zero-order valence-electron chi connectivity index (χ0n) is 12.5. The maximum absolute atomic E-state index is 5.17. The van der Waals surface area contributed by atoms with E-state index in [0.717, 1.165) is 38.5 Å². The first kappa shape index (κ1) is 13.8. The minimum absolute atomic E-state index is 0.797. The molecule has 1 aromatic heterocycles. The Morgan fingerprint density at radius 1 is 1.30 bits per heavy atom.